The van der Waals surface area contributed by atoms with Crippen molar-refractivity contribution in [3.8, 4) is 0 Å². The van der Waals surface area contributed by atoms with E-state index in [1.54, 1.807) is 12.1 Å². The van der Waals surface area contributed by atoms with E-state index in [2.05, 4.69) is 80.0 Å². The predicted octanol–water partition coefficient (Wildman–Crippen LogP) is 6.58. The number of hydrogen-bond donors (Lipinski definition) is 0. The topological polar surface area (TPSA) is 53.0 Å². The first kappa shape index (κ1) is 27.5. The SMILES string of the molecule is Cc1ccc(S(=O)(=O)/N=C(\C[Si](C(C)C)(C(C)C)C(C)C)N2CCN(c3ccccc3)CC2)cc1. The predicted molar refractivity (Wildman–Crippen MR) is 152 cm³/mol. The lowest BCUT2D eigenvalue weighted by Gasteiger charge is -2.46. The van der Waals surface area contributed by atoms with Gasteiger partial charge in [-0.3, -0.25) is 0 Å². The average molecular weight is 514 g/mol. The highest BCUT2D eigenvalue weighted by Gasteiger charge is 2.44. The van der Waals surface area contributed by atoms with E-state index in [-0.39, 0.29) is 4.90 Å². The van der Waals surface area contributed by atoms with Gasteiger partial charge in [0, 0.05) is 37.9 Å². The molecular formula is C28H43N3O2SSi. The maximum Gasteiger partial charge on any atom is 0.283 e. The molecule has 0 amide bonds. The summed E-state index contributed by atoms with van der Waals surface area (Å²) in [5.41, 5.74) is 3.84. The molecule has 0 saturated carbocycles. The van der Waals surface area contributed by atoms with Crippen LogP contribution in [0.1, 0.15) is 47.1 Å². The van der Waals surface area contributed by atoms with Crippen LogP contribution in [0.5, 0.6) is 0 Å². The van der Waals surface area contributed by atoms with Gasteiger partial charge in [0.25, 0.3) is 10.0 Å². The molecular weight excluding hydrogens is 470 g/mol. The van der Waals surface area contributed by atoms with Crippen LogP contribution >= 0.6 is 0 Å². The molecule has 0 aromatic heterocycles. The van der Waals surface area contributed by atoms with Gasteiger partial charge < -0.3 is 9.80 Å². The zero-order chi connectivity index (χ0) is 25.8. The Morgan fingerprint density at radius 2 is 1.34 bits per heavy atom. The highest BCUT2D eigenvalue weighted by molar-refractivity contribution is 7.90. The third-order valence-corrected chi connectivity index (χ3v) is 16.7. The van der Waals surface area contributed by atoms with E-state index in [0.717, 1.165) is 43.6 Å². The Bertz CT molecular complexity index is 1070. The Hall–Kier alpha value is -2.12. The molecule has 0 radical (unpaired) electrons. The van der Waals surface area contributed by atoms with Crippen molar-refractivity contribution in [2.75, 3.05) is 31.1 Å². The first-order valence-electron chi connectivity index (χ1n) is 12.9. The van der Waals surface area contributed by atoms with E-state index in [0.29, 0.717) is 16.6 Å². The van der Waals surface area contributed by atoms with E-state index in [1.807, 2.05) is 25.1 Å². The molecule has 1 heterocycles. The van der Waals surface area contributed by atoms with Crippen LogP contribution in [-0.2, 0) is 10.0 Å². The number of nitrogens with zero attached hydrogens (tertiary/aromatic N) is 3. The van der Waals surface area contributed by atoms with Gasteiger partial charge >= 0.3 is 0 Å². The second-order valence-electron chi connectivity index (χ2n) is 10.9. The van der Waals surface area contributed by atoms with E-state index in [9.17, 15) is 8.42 Å². The number of hydrogen-bond acceptors (Lipinski definition) is 3. The first-order valence-corrected chi connectivity index (χ1v) is 16.8. The van der Waals surface area contributed by atoms with E-state index in [4.69, 9.17) is 0 Å². The molecule has 192 valence electrons. The normalized spacial score (nSPS) is 16.0. The molecule has 1 aliphatic heterocycles. The number of benzene rings is 2. The van der Waals surface area contributed by atoms with Crippen LogP contribution < -0.4 is 4.90 Å². The van der Waals surface area contributed by atoms with Crippen LogP contribution in [-0.4, -0.2) is 53.4 Å². The van der Waals surface area contributed by atoms with Gasteiger partial charge in [0.2, 0.25) is 0 Å². The first-order chi connectivity index (χ1) is 16.5. The van der Waals surface area contributed by atoms with Gasteiger partial charge in [0.05, 0.1) is 13.0 Å². The summed E-state index contributed by atoms with van der Waals surface area (Å²) < 4.78 is 31.5. The van der Waals surface area contributed by atoms with Crippen LogP contribution in [0.15, 0.2) is 63.9 Å². The maximum atomic E-state index is 13.5. The lowest BCUT2D eigenvalue weighted by molar-refractivity contribution is 0.383. The van der Waals surface area contributed by atoms with Gasteiger partial charge in [0.1, 0.15) is 5.84 Å². The van der Waals surface area contributed by atoms with Crippen molar-refractivity contribution in [2.45, 2.75) is 76.0 Å². The molecule has 5 nitrogen and oxygen atoms in total. The summed E-state index contributed by atoms with van der Waals surface area (Å²) in [5.74, 6) is 0.765. The minimum Gasteiger partial charge on any atom is -0.368 e. The van der Waals surface area contributed by atoms with Gasteiger partial charge in [-0.1, -0.05) is 94.1 Å². The molecule has 1 fully saturated rings. The Morgan fingerprint density at radius 1 is 0.829 bits per heavy atom. The summed E-state index contributed by atoms with van der Waals surface area (Å²) in [5, 5.41) is 0. The molecule has 1 saturated heterocycles. The third-order valence-electron chi connectivity index (χ3n) is 8.00. The fourth-order valence-electron chi connectivity index (χ4n) is 5.85. The monoisotopic (exact) mass is 513 g/mol. The highest BCUT2D eigenvalue weighted by Crippen LogP contribution is 2.45. The molecule has 0 spiro atoms. The molecule has 2 aromatic rings. The summed E-state index contributed by atoms with van der Waals surface area (Å²) in [6.45, 7) is 19.2. The summed E-state index contributed by atoms with van der Waals surface area (Å²) in [6, 6.07) is 18.3. The number of para-hydroxylation sites is 1. The van der Waals surface area contributed by atoms with Crippen molar-refractivity contribution in [3.05, 3.63) is 60.2 Å². The summed E-state index contributed by atoms with van der Waals surface area (Å²) in [7, 11) is -5.70. The van der Waals surface area contributed by atoms with Crippen molar-refractivity contribution in [3.63, 3.8) is 0 Å². The number of rotatable bonds is 8. The van der Waals surface area contributed by atoms with E-state index < -0.39 is 18.1 Å². The minimum atomic E-state index is -3.79. The maximum absolute atomic E-state index is 13.5. The number of sulfonamides is 1. The zero-order valence-corrected chi connectivity index (χ0v) is 24.3. The summed E-state index contributed by atoms with van der Waals surface area (Å²) in [4.78, 5) is 4.90. The molecule has 0 unspecified atom stereocenters. The number of anilines is 1. The molecule has 0 bridgehead atoms. The molecule has 0 N–H and O–H groups in total. The molecule has 0 atom stereocenters. The fraction of sp³-hybridized carbons (Fsp3) is 0.536. The Balaban J connectivity index is 1.99. The van der Waals surface area contributed by atoms with Crippen LogP contribution in [0.25, 0.3) is 0 Å². The smallest absolute Gasteiger partial charge is 0.283 e. The van der Waals surface area contributed by atoms with Crippen LogP contribution in [0.4, 0.5) is 5.69 Å². The summed E-state index contributed by atoms with van der Waals surface area (Å²) >= 11 is 0. The number of aryl methyl sites for hydroxylation is 1. The highest BCUT2D eigenvalue weighted by atomic mass is 32.2. The van der Waals surface area contributed by atoms with Crippen molar-refractivity contribution in [2.24, 2.45) is 4.40 Å². The van der Waals surface area contributed by atoms with Crippen molar-refractivity contribution < 1.29 is 8.42 Å². The Kier molecular flexibility index (Phi) is 8.86. The third kappa shape index (κ3) is 6.18. The van der Waals surface area contributed by atoms with Gasteiger partial charge in [-0.25, -0.2) is 0 Å². The fourth-order valence-corrected chi connectivity index (χ4v) is 13.1. The lowest BCUT2D eigenvalue weighted by Crippen LogP contribution is -2.53. The second kappa shape index (κ2) is 11.3. The van der Waals surface area contributed by atoms with Gasteiger partial charge in [-0.15, -0.1) is 4.40 Å². The standard InChI is InChI=1S/C28H43N3O2SSi/c1-22(2)35(23(3)4,24(5)6)21-28(29-34(32,33)27-15-13-25(7)14-16-27)31-19-17-30(18-20-31)26-11-9-8-10-12-26/h8-16,22-24H,17-21H2,1-7H3/b29-28+. The Labute approximate surface area is 214 Å². The summed E-state index contributed by atoms with van der Waals surface area (Å²) in [6.07, 6.45) is 0. The van der Waals surface area contributed by atoms with Crippen molar-refractivity contribution >= 4 is 29.6 Å². The lowest BCUT2D eigenvalue weighted by atomic mass is 10.2. The quantitative estimate of drug-likeness (QED) is 0.227. The molecule has 0 aliphatic carbocycles. The second-order valence-corrected chi connectivity index (χ2v) is 18.5. The van der Waals surface area contributed by atoms with E-state index >= 15 is 0 Å². The number of piperazine rings is 1. The number of amidine groups is 1. The van der Waals surface area contributed by atoms with E-state index in [1.165, 1.54) is 5.69 Å². The molecule has 2 aromatic carbocycles. The molecule has 1 aliphatic rings. The van der Waals surface area contributed by atoms with Gasteiger partial charge in [-0.05, 0) is 31.2 Å². The van der Waals surface area contributed by atoms with Crippen LogP contribution in [0.2, 0.25) is 22.7 Å². The zero-order valence-electron chi connectivity index (χ0n) is 22.5. The van der Waals surface area contributed by atoms with Gasteiger partial charge in [0.15, 0.2) is 0 Å². The van der Waals surface area contributed by atoms with Crippen LogP contribution in [0, 0.1) is 6.92 Å². The molecule has 7 heteroatoms. The van der Waals surface area contributed by atoms with Crippen molar-refractivity contribution in [1.82, 2.24) is 4.90 Å². The minimum absolute atomic E-state index is 0.273. The largest absolute Gasteiger partial charge is 0.368 e. The average Bonchev–Trinajstić information content (AvgIpc) is 2.82. The van der Waals surface area contributed by atoms with Gasteiger partial charge in [-0.2, -0.15) is 8.42 Å². The Morgan fingerprint density at radius 3 is 1.83 bits per heavy atom. The van der Waals surface area contributed by atoms with Crippen molar-refractivity contribution in [1.29, 1.82) is 0 Å². The van der Waals surface area contributed by atoms with Crippen LogP contribution in [0.3, 0.4) is 0 Å². The molecule has 3 rings (SSSR count). The molecule has 35 heavy (non-hydrogen) atoms.